The van der Waals surface area contributed by atoms with Gasteiger partial charge >= 0.3 is 0 Å². The summed E-state index contributed by atoms with van der Waals surface area (Å²) >= 11 is 0. The maximum atomic E-state index is 4.50. The van der Waals surface area contributed by atoms with Gasteiger partial charge in [-0.1, -0.05) is 20.8 Å². The molecule has 1 saturated heterocycles. The topological polar surface area (TPSA) is 28.2 Å². The summed E-state index contributed by atoms with van der Waals surface area (Å²) in [6.07, 6.45) is 1.93. The van der Waals surface area contributed by atoms with E-state index in [0.29, 0.717) is 0 Å². The summed E-state index contributed by atoms with van der Waals surface area (Å²) < 4.78 is 0. The van der Waals surface area contributed by atoms with E-state index in [1.165, 1.54) is 5.56 Å². The zero-order valence-electron chi connectivity index (χ0n) is 11.1. The maximum Gasteiger partial charge on any atom is 0.128 e. The Morgan fingerprint density at radius 1 is 1.35 bits per heavy atom. The number of hydrogen-bond donors (Lipinski definition) is 1. The molecular formula is C14H23N3. The average molecular weight is 233 g/mol. The van der Waals surface area contributed by atoms with Gasteiger partial charge in [0.25, 0.3) is 0 Å². The number of hydrogen-bond acceptors (Lipinski definition) is 3. The lowest BCUT2D eigenvalue weighted by Crippen LogP contribution is -2.21. The third-order valence-corrected chi connectivity index (χ3v) is 3.70. The Morgan fingerprint density at radius 3 is 2.71 bits per heavy atom. The first-order valence-corrected chi connectivity index (χ1v) is 6.61. The molecule has 94 valence electrons. The molecule has 17 heavy (non-hydrogen) atoms. The third-order valence-electron chi connectivity index (χ3n) is 3.70. The van der Waals surface area contributed by atoms with Gasteiger partial charge in [-0.05, 0) is 36.1 Å². The van der Waals surface area contributed by atoms with E-state index in [4.69, 9.17) is 0 Å². The molecule has 3 heteroatoms. The summed E-state index contributed by atoms with van der Waals surface area (Å²) in [5.74, 6) is 2.68. The molecule has 3 nitrogen and oxygen atoms in total. The van der Waals surface area contributed by atoms with Gasteiger partial charge in [-0.2, -0.15) is 0 Å². The van der Waals surface area contributed by atoms with Crippen LogP contribution in [-0.2, 0) is 6.54 Å². The molecule has 2 rings (SSSR count). The molecule has 0 aliphatic carbocycles. The Labute approximate surface area is 104 Å². The van der Waals surface area contributed by atoms with Crippen LogP contribution in [0.5, 0.6) is 0 Å². The van der Waals surface area contributed by atoms with Crippen LogP contribution in [0, 0.1) is 11.8 Å². The quantitative estimate of drug-likeness (QED) is 0.865. The highest BCUT2D eigenvalue weighted by atomic mass is 15.2. The van der Waals surface area contributed by atoms with Crippen LogP contribution in [0.3, 0.4) is 0 Å². The largest absolute Gasteiger partial charge is 0.356 e. The van der Waals surface area contributed by atoms with Crippen LogP contribution in [0.4, 0.5) is 5.82 Å². The molecule has 0 spiro atoms. The Hall–Kier alpha value is -1.09. The maximum absolute atomic E-state index is 4.50. The molecule has 1 aliphatic rings. The van der Waals surface area contributed by atoms with E-state index < -0.39 is 0 Å². The molecule has 2 atom stereocenters. The van der Waals surface area contributed by atoms with Crippen molar-refractivity contribution in [2.75, 3.05) is 24.5 Å². The van der Waals surface area contributed by atoms with Crippen molar-refractivity contribution in [3.8, 4) is 0 Å². The average Bonchev–Trinajstić information content (AvgIpc) is 2.68. The first-order valence-electron chi connectivity index (χ1n) is 6.61. The zero-order valence-corrected chi connectivity index (χ0v) is 11.1. The summed E-state index contributed by atoms with van der Waals surface area (Å²) in [5.41, 5.74) is 1.32. The number of aromatic nitrogens is 1. The van der Waals surface area contributed by atoms with Crippen LogP contribution >= 0.6 is 0 Å². The molecule has 0 amide bonds. The fraction of sp³-hybridized carbons (Fsp3) is 0.643. The van der Waals surface area contributed by atoms with Crippen molar-refractivity contribution in [3.63, 3.8) is 0 Å². The van der Waals surface area contributed by atoms with Crippen molar-refractivity contribution in [3.05, 3.63) is 23.9 Å². The van der Waals surface area contributed by atoms with Gasteiger partial charge in [0.2, 0.25) is 0 Å². The Bertz CT molecular complexity index is 354. The van der Waals surface area contributed by atoms with Gasteiger partial charge in [-0.25, -0.2) is 4.98 Å². The van der Waals surface area contributed by atoms with Crippen LogP contribution in [0.25, 0.3) is 0 Å². The lowest BCUT2D eigenvalue weighted by molar-refractivity contribution is 0.494. The van der Waals surface area contributed by atoms with Crippen LogP contribution < -0.4 is 10.2 Å². The number of nitrogens with one attached hydrogen (secondary N) is 1. The monoisotopic (exact) mass is 233 g/mol. The Balaban J connectivity index is 2.06. The van der Waals surface area contributed by atoms with Gasteiger partial charge < -0.3 is 10.2 Å². The van der Waals surface area contributed by atoms with Crippen molar-refractivity contribution in [2.24, 2.45) is 11.8 Å². The molecule has 0 bridgehead atoms. The van der Waals surface area contributed by atoms with Crippen LogP contribution in [0.15, 0.2) is 18.3 Å². The minimum absolute atomic E-state index is 0.772. The number of anilines is 1. The highest BCUT2D eigenvalue weighted by molar-refractivity contribution is 5.42. The summed E-state index contributed by atoms with van der Waals surface area (Å²) in [6, 6.07) is 4.31. The number of nitrogens with zero attached hydrogens (tertiary/aromatic N) is 2. The standard InChI is InChI=1S/C14H23N3/c1-4-15-8-13-5-6-16-14(7-13)17-9-11(2)12(3)10-17/h5-7,11-12,15H,4,8-10H2,1-3H3. The molecule has 1 N–H and O–H groups in total. The molecule has 2 unspecified atom stereocenters. The van der Waals surface area contributed by atoms with Gasteiger partial charge in [0.05, 0.1) is 0 Å². The molecule has 1 aliphatic heterocycles. The van der Waals surface area contributed by atoms with E-state index in [2.05, 4.69) is 48.1 Å². The fourth-order valence-electron chi connectivity index (χ4n) is 2.33. The number of pyridine rings is 1. The first kappa shape index (κ1) is 12.4. The molecule has 1 aromatic heterocycles. The second-order valence-electron chi connectivity index (χ2n) is 5.16. The van der Waals surface area contributed by atoms with Crippen molar-refractivity contribution >= 4 is 5.82 Å². The smallest absolute Gasteiger partial charge is 0.128 e. The van der Waals surface area contributed by atoms with Crippen molar-refractivity contribution in [1.82, 2.24) is 10.3 Å². The van der Waals surface area contributed by atoms with E-state index in [1.54, 1.807) is 0 Å². The lowest BCUT2D eigenvalue weighted by atomic mass is 10.0. The predicted octanol–water partition coefficient (Wildman–Crippen LogP) is 2.28. The second kappa shape index (κ2) is 5.50. The molecule has 1 fully saturated rings. The molecule has 2 heterocycles. The lowest BCUT2D eigenvalue weighted by Gasteiger charge is -2.17. The number of rotatable bonds is 4. The van der Waals surface area contributed by atoms with E-state index >= 15 is 0 Å². The highest BCUT2D eigenvalue weighted by Crippen LogP contribution is 2.26. The molecule has 0 saturated carbocycles. The highest BCUT2D eigenvalue weighted by Gasteiger charge is 2.26. The van der Waals surface area contributed by atoms with Gasteiger partial charge in [-0.3, -0.25) is 0 Å². The van der Waals surface area contributed by atoms with E-state index in [-0.39, 0.29) is 0 Å². The second-order valence-corrected chi connectivity index (χ2v) is 5.16. The predicted molar refractivity (Wildman–Crippen MR) is 72.2 cm³/mol. The van der Waals surface area contributed by atoms with Crippen LogP contribution in [-0.4, -0.2) is 24.6 Å². The summed E-state index contributed by atoms with van der Waals surface area (Å²) in [4.78, 5) is 6.90. The van der Waals surface area contributed by atoms with Gasteiger partial charge in [0.15, 0.2) is 0 Å². The molecule has 1 aromatic rings. The van der Waals surface area contributed by atoms with E-state index in [9.17, 15) is 0 Å². The van der Waals surface area contributed by atoms with Crippen LogP contribution in [0.2, 0.25) is 0 Å². The van der Waals surface area contributed by atoms with Gasteiger partial charge in [0, 0.05) is 25.8 Å². The van der Waals surface area contributed by atoms with Crippen molar-refractivity contribution in [1.29, 1.82) is 0 Å². The van der Waals surface area contributed by atoms with Crippen LogP contribution in [0.1, 0.15) is 26.3 Å². The van der Waals surface area contributed by atoms with E-state index in [1.807, 2.05) is 6.20 Å². The molecule has 0 radical (unpaired) electrons. The third kappa shape index (κ3) is 2.97. The minimum Gasteiger partial charge on any atom is -0.356 e. The Kier molecular flexibility index (Phi) is 4.00. The summed E-state index contributed by atoms with van der Waals surface area (Å²) in [7, 11) is 0. The van der Waals surface area contributed by atoms with Gasteiger partial charge in [0.1, 0.15) is 5.82 Å². The van der Waals surface area contributed by atoms with Crippen molar-refractivity contribution < 1.29 is 0 Å². The summed E-state index contributed by atoms with van der Waals surface area (Å²) in [5, 5.41) is 3.35. The van der Waals surface area contributed by atoms with E-state index in [0.717, 1.165) is 43.8 Å². The molecular weight excluding hydrogens is 210 g/mol. The summed E-state index contributed by atoms with van der Waals surface area (Å²) in [6.45, 7) is 11.0. The normalized spacial score (nSPS) is 24.3. The zero-order chi connectivity index (χ0) is 12.3. The SMILES string of the molecule is CCNCc1ccnc(N2CC(C)C(C)C2)c1. The molecule has 0 aromatic carbocycles. The fourth-order valence-corrected chi connectivity index (χ4v) is 2.33. The Morgan fingerprint density at radius 2 is 2.06 bits per heavy atom. The first-order chi connectivity index (χ1) is 8.20. The van der Waals surface area contributed by atoms with Crippen molar-refractivity contribution in [2.45, 2.75) is 27.3 Å². The van der Waals surface area contributed by atoms with Gasteiger partial charge in [-0.15, -0.1) is 0 Å². The minimum atomic E-state index is 0.772.